The van der Waals surface area contributed by atoms with Gasteiger partial charge >= 0.3 is 0 Å². The molecule has 0 amide bonds. The predicted octanol–water partition coefficient (Wildman–Crippen LogP) is 2.64. The molecule has 0 aromatic heterocycles. The quantitative estimate of drug-likeness (QED) is 0.810. The molecule has 4 atom stereocenters. The Balaban J connectivity index is 1.53. The van der Waals surface area contributed by atoms with E-state index < -0.39 is 0 Å². The molecule has 17 heavy (non-hydrogen) atoms. The number of hydrogen-bond acceptors (Lipinski definition) is 2. The fourth-order valence-electron chi connectivity index (χ4n) is 3.88. The third-order valence-corrected chi connectivity index (χ3v) is 5.40. The van der Waals surface area contributed by atoms with Crippen molar-refractivity contribution in [3.63, 3.8) is 0 Å². The molecule has 3 aliphatic rings. The van der Waals surface area contributed by atoms with E-state index in [1.807, 2.05) is 0 Å². The Morgan fingerprint density at radius 1 is 0.941 bits per heavy atom. The van der Waals surface area contributed by atoms with E-state index in [1.54, 1.807) is 0 Å². The number of hydrogen-bond donors (Lipinski definition) is 1. The van der Waals surface area contributed by atoms with Crippen LogP contribution in [0.5, 0.6) is 0 Å². The first kappa shape index (κ1) is 12.0. The second-order valence-electron chi connectivity index (χ2n) is 6.76. The molecular formula is C15H28N2. The molecule has 2 heteroatoms. The summed E-state index contributed by atoms with van der Waals surface area (Å²) in [5.74, 6) is 1.84. The first-order valence-electron chi connectivity index (χ1n) is 7.74. The summed E-state index contributed by atoms with van der Waals surface area (Å²) >= 11 is 0. The van der Waals surface area contributed by atoms with E-state index in [9.17, 15) is 0 Å². The molecule has 0 aromatic rings. The van der Waals surface area contributed by atoms with Gasteiger partial charge in [0, 0.05) is 31.2 Å². The van der Waals surface area contributed by atoms with Crippen molar-refractivity contribution >= 4 is 0 Å². The standard InChI is InChI=1S/C15H28N2/c1-11-4-3-5-15(12(11)2)17-9-8-14(10-17)16-13-6-7-13/h11-16H,3-10H2,1-2H3. The zero-order valence-electron chi connectivity index (χ0n) is 11.5. The van der Waals surface area contributed by atoms with Gasteiger partial charge in [0.1, 0.15) is 0 Å². The molecule has 4 unspecified atom stereocenters. The first-order chi connectivity index (χ1) is 8.24. The molecule has 1 saturated heterocycles. The lowest BCUT2D eigenvalue weighted by molar-refractivity contribution is 0.0994. The molecule has 2 nitrogen and oxygen atoms in total. The summed E-state index contributed by atoms with van der Waals surface area (Å²) in [5.41, 5.74) is 0. The highest BCUT2D eigenvalue weighted by Crippen LogP contribution is 2.34. The van der Waals surface area contributed by atoms with Crippen LogP contribution >= 0.6 is 0 Å². The smallest absolute Gasteiger partial charge is 0.0209 e. The van der Waals surface area contributed by atoms with Gasteiger partial charge in [0.05, 0.1) is 0 Å². The lowest BCUT2D eigenvalue weighted by Gasteiger charge is -2.40. The molecule has 1 heterocycles. The maximum absolute atomic E-state index is 3.81. The number of likely N-dealkylation sites (tertiary alicyclic amines) is 1. The van der Waals surface area contributed by atoms with Gasteiger partial charge in [-0.25, -0.2) is 0 Å². The SMILES string of the molecule is CC1CCCC(N2CCC(NC3CC3)C2)C1C. The van der Waals surface area contributed by atoms with Gasteiger partial charge in [0.25, 0.3) is 0 Å². The maximum atomic E-state index is 3.81. The Morgan fingerprint density at radius 3 is 2.53 bits per heavy atom. The Kier molecular flexibility index (Phi) is 3.45. The van der Waals surface area contributed by atoms with Crippen molar-refractivity contribution in [2.24, 2.45) is 11.8 Å². The Hall–Kier alpha value is -0.0800. The van der Waals surface area contributed by atoms with Crippen molar-refractivity contribution in [3.8, 4) is 0 Å². The minimum atomic E-state index is 0.798. The van der Waals surface area contributed by atoms with E-state index in [0.29, 0.717) is 0 Å². The van der Waals surface area contributed by atoms with Crippen molar-refractivity contribution in [3.05, 3.63) is 0 Å². The third kappa shape index (κ3) is 2.68. The van der Waals surface area contributed by atoms with Gasteiger partial charge in [-0.3, -0.25) is 4.90 Å². The summed E-state index contributed by atoms with van der Waals surface area (Å²) in [5, 5.41) is 3.81. The first-order valence-corrected chi connectivity index (χ1v) is 7.74. The molecule has 1 aliphatic heterocycles. The Labute approximate surface area is 106 Å². The molecule has 0 radical (unpaired) electrons. The van der Waals surface area contributed by atoms with Gasteiger partial charge in [-0.05, 0) is 37.5 Å². The van der Waals surface area contributed by atoms with Gasteiger partial charge in [-0.15, -0.1) is 0 Å². The van der Waals surface area contributed by atoms with Gasteiger partial charge in [-0.2, -0.15) is 0 Å². The van der Waals surface area contributed by atoms with Gasteiger partial charge in [0.15, 0.2) is 0 Å². The van der Waals surface area contributed by atoms with Gasteiger partial charge in [0.2, 0.25) is 0 Å². The van der Waals surface area contributed by atoms with E-state index in [1.165, 1.54) is 51.6 Å². The third-order valence-electron chi connectivity index (χ3n) is 5.40. The highest BCUT2D eigenvalue weighted by Gasteiger charge is 2.36. The highest BCUT2D eigenvalue weighted by atomic mass is 15.2. The molecule has 1 N–H and O–H groups in total. The van der Waals surface area contributed by atoms with E-state index in [0.717, 1.165) is 30.0 Å². The van der Waals surface area contributed by atoms with Crippen LogP contribution in [-0.4, -0.2) is 36.1 Å². The fourth-order valence-corrected chi connectivity index (χ4v) is 3.88. The molecule has 0 spiro atoms. The largest absolute Gasteiger partial charge is 0.310 e. The summed E-state index contributed by atoms with van der Waals surface area (Å²) in [6, 6.07) is 2.55. The highest BCUT2D eigenvalue weighted by molar-refractivity contribution is 4.93. The van der Waals surface area contributed by atoms with Crippen LogP contribution in [-0.2, 0) is 0 Å². The Morgan fingerprint density at radius 2 is 1.76 bits per heavy atom. The minimum Gasteiger partial charge on any atom is -0.310 e. The number of nitrogens with one attached hydrogen (secondary N) is 1. The van der Waals surface area contributed by atoms with Crippen LogP contribution in [0, 0.1) is 11.8 Å². The monoisotopic (exact) mass is 236 g/mol. The summed E-state index contributed by atoms with van der Waals surface area (Å²) in [4.78, 5) is 2.79. The number of rotatable bonds is 3. The molecular weight excluding hydrogens is 208 g/mol. The predicted molar refractivity (Wildman–Crippen MR) is 72.1 cm³/mol. The van der Waals surface area contributed by atoms with Crippen molar-refractivity contribution in [1.29, 1.82) is 0 Å². The van der Waals surface area contributed by atoms with Crippen molar-refractivity contribution < 1.29 is 0 Å². The topological polar surface area (TPSA) is 15.3 Å². The molecule has 2 saturated carbocycles. The normalized spacial score (nSPS) is 44.1. The molecule has 2 aliphatic carbocycles. The van der Waals surface area contributed by atoms with Crippen LogP contribution in [0.2, 0.25) is 0 Å². The van der Waals surface area contributed by atoms with Crippen LogP contribution in [0.3, 0.4) is 0 Å². The Bertz CT molecular complexity index is 262. The molecule has 0 aromatic carbocycles. The van der Waals surface area contributed by atoms with Crippen molar-refractivity contribution in [1.82, 2.24) is 10.2 Å². The van der Waals surface area contributed by atoms with E-state index in [4.69, 9.17) is 0 Å². The van der Waals surface area contributed by atoms with Crippen LogP contribution in [0.25, 0.3) is 0 Å². The molecule has 0 bridgehead atoms. The maximum Gasteiger partial charge on any atom is 0.0209 e. The fraction of sp³-hybridized carbons (Fsp3) is 1.00. The zero-order valence-corrected chi connectivity index (χ0v) is 11.5. The van der Waals surface area contributed by atoms with Gasteiger partial charge in [-0.1, -0.05) is 26.7 Å². The number of nitrogens with zero attached hydrogens (tertiary/aromatic N) is 1. The molecule has 3 rings (SSSR count). The van der Waals surface area contributed by atoms with E-state index in [2.05, 4.69) is 24.1 Å². The molecule has 3 fully saturated rings. The van der Waals surface area contributed by atoms with Gasteiger partial charge < -0.3 is 5.32 Å². The summed E-state index contributed by atoms with van der Waals surface area (Å²) in [6.45, 7) is 7.59. The second kappa shape index (κ2) is 4.89. The second-order valence-corrected chi connectivity index (χ2v) is 6.76. The van der Waals surface area contributed by atoms with E-state index >= 15 is 0 Å². The average Bonchev–Trinajstić information content (AvgIpc) is 3.00. The van der Waals surface area contributed by atoms with Crippen LogP contribution in [0.15, 0.2) is 0 Å². The summed E-state index contributed by atoms with van der Waals surface area (Å²) < 4.78 is 0. The van der Waals surface area contributed by atoms with Crippen LogP contribution < -0.4 is 5.32 Å². The average molecular weight is 236 g/mol. The lowest BCUT2D eigenvalue weighted by atomic mass is 9.77. The van der Waals surface area contributed by atoms with Crippen LogP contribution in [0.4, 0.5) is 0 Å². The summed E-state index contributed by atoms with van der Waals surface area (Å²) in [7, 11) is 0. The van der Waals surface area contributed by atoms with Crippen LogP contribution in [0.1, 0.15) is 52.4 Å². The zero-order chi connectivity index (χ0) is 11.8. The van der Waals surface area contributed by atoms with Crippen molar-refractivity contribution in [2.45, 2.75) is 70.5 Å². The molecule has 98 valence electrons. The lowest BCUT2D eigenvalue weighted by Crippen LogP contribution is -2.44. The van der Waals surface area contributed by atoms with Crippen molar-refractivity contribution in [2.75, 3.05) is 13.1 Å². The summed E-state index contributed by atoms with van der Waals surface area (Å²) in [6.07, 6.45) is 8.58. The minimum absolute atomic E-state index is 0.798. The van der Waals surface area contributed by atoms with E-state index in [-0.39, 0.29) is 0 Å².